The molecule has 2 aromatic rings. The standard InChI is InChI=1S/C13H9BrF5N3O/c1-4-7(14)5(2)22(21-4)3-6(23)20-13-11(18)9(16)8(15)10(17)12(13)19/h3H2,1-2H3,(H,20,23). The van der Waals surface area contributed by atoms with E-state index in [1.165, 1.54) is 4.68 Å². The van der Waals surface area contributed by atoms with Crippen molar-refractivity contribution in [3.63, 3.8) is 0 Å². The Kier molecular flexibility index (Phi) is 4.73. The first kappa shape index (κ1) is 17.4. The number of amides is 1. The van der Waals surface area contributed by atoms with Crippen LogP contribution in [0.5, 0.6) is 0 Å². The number of aryl methyl sites for hydroxylation is 1. The van der Waals surface area contributed by atoms with Crippen molar-refractivity contribution in [2.75, 3.05) is 5.32 Å². The lowest BCUT2D eigenvalue weighted by molar-refractivity contribution is -0.117. The van der Waals surface area contributed by atoms with Gasteiger partial charge in [-0.15, -0.1) is 0 Å². The van der Waals surface area contributed by atoms with Gasteiger partial charge in [-0.2, -0.15) is 5.10 Å². The number of nitrogens with one attached hydrogen (secondary N) is 1. The van der Waals surface area contributed by atoms with Crippen molar-refractivity contribution in [1.29, 1.82) is 0 Å². The maximum absolute atomic E-state index is 13.5. The molecule has 4 nitrogen and oxygen atoms in total. The second-order valence-corrected chi connectivity index (χ2v) is 5.43. The van der Waals surface area contributed by atoms with E-state index in [1.54, 1.807) is 19.2 Å². The Balaban J connectivity index is 2.29. The molecular weight excluding hydrogens is 389 g/mol. The van der Waals surface area contributed by atoms with Gasteiger partial charge in [0, 0.05) is 0 Å². The van der Waals surface area contributed by atoms with E-state index in [0.29, 0.717) is 15.9 Å². The van der Waals surface area contributed by atoms with Crippen LogP contribution in [0.1, 0.15) is 11.4 Å². The summed E-state index contributed by atoms with van der Waals surface area (Å²) in [4.78, 5) is 11.8. The summed E-state index contributed by atoms with van der Waals surface area (Å²) in [6, 6.07) is 0. The minimum absolute atomic E-state index is 0.461. The summed E-state index contributed by atoms with van der Waals surface area (Å²) in [5.41, 5.74) is -0.256. The second-order valence-electron chi connectivity index (χ2n) is 4.64. The number of hydrogen-bond donors (Lipinski definition) is 1. The summed E-state index contributed by atoms with van der Waals surface area (Å²) in [7, 11) is 0. The summed E-state index contributed by atoms with van der Waals surface area (Å²) < 4.78 is 67.9. The molecule has 0 saturated heterocycles. The number of benzene rings is 1. The van der Waals surface area contributed by atoms with E-state index in [9.17, 15) is 26.7 Å². The van der Waals surface area contributed by atoms with Crippen LogP contribution >= 0.6 is 15.9 Å². The van der Waals surface area contributed by atoms with Crippen LogP contribution in [0.2, 0.25) is 0 Å². The fraction of sp³-hybridized carbons (Fsp3) is 0.231. The number of rotatable bonds is 3. The average molecular weight is 398 g/mol. The molecule has 1 amide bonds. The highest BCUT2D eigenvalue weighted by molar-refractivity contribution is 9.10. The van der Waals surface area contributed by atoms with Crippen LogP contribution in [0.4, 0.5) is 27.6 Å². The molecule has 0 atom stereocenters. The summed E-state index contributed by atoms with van der Waals surface area (Å²) in [6.45, 7) is 2.84. The Labute approximate surface area is 135 Å². The number of aromatic nitrogens is 2. The molecule has 0 aliphatic heterocycles. The van der Waals surface area contributed by atoms with Crippen molar-refractivity contribution in [3.8, 4) is 0 Å². The van der Waals surface area contributed by atoms with Crippen LogP contribution in [0, 0.1) is 42.9 Å². The van der Waals surface area contributed by atoms with Gasteiger partial charge in [0.2, 0.25) is 11.7 Å². The summed E-state index contributed by atoms with van der Waals surface area (Å²) in [5, 5.41) is 5.68. The van der Waals surface area contributed by atoms with E-state index in [0.717, 1.165) is 0 Å². The number of hydrogen-bond acceptors (Lipinski definition) is 2. The molecule has 0 saturated carbocycles. The molecule has 0 spiro atoms. The van der Waals surface area contributed by atoms with E-state index in [2.05, 4.69) is 21.0 Å². The largest absolute Gasteiger partial charge is 0.319 e. The number of anilines is 1. The van der Waals surface area contributed by atoms with Crippen LogP contribution in [0.3, 0.4) is 0 Å². The lowest BCUT2D eigenvalue weighted by Gasteiger charge is -2.10. The normalized spacial score (nSPS) is 11.0. The fourth-order valence-corrected chi connectivity index (χ4v) is 2.14. The van der Waals surface area contributed by atoms with Crippen LogP contribution < -0.4 is 5.32 Å². The Hall–Kier alpha value is -1.97. The predicted octanol–water partition coefficient (Wildman–Crippen LogP) is 3.60. The predicted molar refractivity (Wildman–Crippen MR) is 74.3 cm³/mol. The molecule has 1 aromatic carbocycles. The summed E-state index contributed by atoms with van der Waals surface area (Å²) in [6.07, 6.45) is 0. The van der Waals surface area contributed by atoms with Crippen LogP contribution in [0.25, 0.3) is 0 Å². The quantitative estimate of drug-likeness (QED) is 0.488. The van der Waals surface area contributed by atoms with Crippen LogP contribution in [-0.2, 0) is 11.3 Å². The molecule has 0 unspecified atom stereocenters. The lowest BCUT2D eigenvalue weighted by atomic mass is 10.2. The van der Waals surface area contributed by atoms with Gasteiger partial charge in [-0.05, 0) is 29.8 Å². The van der Waals surface area contributed by atoms with Gasteiger partial charge in [0.05, 0.1) is 15.9 Å². The monoisotopic (exact) mass is 397 g/mol. The van der Waals surface area contributed by atoms with Gasteiger partial charge >= 0.3 is 0 Å². The van der Waals surface area contributed by atoms with Gasteiger partial charge < -0.3 is 5.32 Å². The van der Waals surface area contributed by atoms with Gasteiger partial charge in [-0.3, -0.25) is 9.48 Å². The summed E-state index contributed by atoms with van der Waals surface area (Å²) in [5.74, 6) is -11.8. The number of carbonyl (C=O) groups excluding carboxylic acids is 1. The Bertz CT molecular complexity index is 777. The molecule has 0 bridgehead atoms. The van der Waals surface area contributed by atoms with Gasteiger partial charge in [-0.25, -0.2) is 22.0 Å². The first-order valence-electron chi connectivity index (χ1n) is 6.16. The van der Waals surface area contributed by atoms with E-state index in [1.807, 2.05) is 0 Å². The average Bonchev–Trinajstić information content (AvgIpc) is 2.75. The molecule has 0 aliphatic carbocycles. The molecule has 0 radical (unpaired) electrons. The van der Waals surface area contributed by atoms with E-state index >= 15 is 0 Å². The SMILES string of the molecule is Cc1nn(CC(=O)Nc2c(F)c(F)c(F)c(F)c2F)c(C)c1Br. The molecule has 0 fully saturated rings. The fourth-order valence-electron chi connectivity index (χ4n) is 1.86. The molecule has 1 aromatic heterocycles. The maximum Gasteiger partial charge on any atom is 0.246 e. The van der Waals surface area contributed by atoms with E-state index in [4.69, 9.17) is 0 Å². The summed E-state index contributed by atoms with van der Waals surface area (Å²) >= 11 is 3.23. The van der Waals surface area contributed by atoms with Crippen LogP contribution in [-0.4, -0.2) is 15.7 Å². The van der Waals surface area contributed by atoms with Gasteiger partial charge in [-0.1, -0.05) is 0 Å². The van der Waals surface area contributed by atoms with Crippen LogP contribution in [0.15, 0.2) is 4.47 Å². The minimum Gasteiger partial charge on any atom is -0.319 e. The topological polar surface area (TPSA) is 46.9 Å². The first-order chi connectivity index (χ1) is 10.6. The molecule has 23 heavy (non-hydrogen) atoms. The lowest BCUT2D eigenvalue weighted by Crippen LogP contribution is -2.22. The highest BCUT2D eigenvalue weighted by Gasteiger charge is 2.27. The third kappa shape index (κ3) is 3.07. The van der Waals surface area contributed by atoms with Crippen molar-refractivity contribution in [2.45, 2.75) is 20.4 Å². The van der Waals surface area contributed by atoms with Crippen molar-refractivity contribution >= 4 is 27.5 Å². The number of carbonyl (C=O) groups is 1. The zero-order valence-corrected chi connectivity index (χ0v) is 13.4. The Morgan fingerprint density at radius 3 is 1.96 bits per heavy atom. The zero-order chi connectivity index (χ0) is 17.5. The van der Waals surface area contributed by atoms with Gasteiger partial charge in [0.1, 0.15) is 12.2 Å². The molecule has 0 aliphatic rings. The van der Waals surface area contributed by atoms with Gasteiger partial charge in [0.15, 0.2) is 23.3 Å². The molecular formula is C13H9BrF5N3O. The third-order valence-electron chi connectivity index (χ3n) is 3.06. The Morgan fingerprint density at radius 1 is 1.04 bits per heavy atom. The Morgan fingerprint density at radius 2 is 1.52 bits per heavy atom. The van der Waals surface area contributed by atoms with E-state index < -0.39 is 47.2 Å². The molecule has 124 valence electrons. The third-order valence-corrected chi connectivity index (χ3v) is 4.21. The molecule has 10 heteroatoms. The minimum atomic E-state index is -2.29. The smallest absolute Gasteiger partial charge is 0.246 e. The van der Waals surface area contributed by atoms with Crippen molar-refractivity contribution in [2.24, 2.45) is 0 Å². The highest BCUT2D eigenvalue weighted by Crippen LogP contribution is 2.27. The maximum atomic E-state index is 13.5. The van der Waals surface area contributed by atoms with Crippen molar-refractivity contribution in [3.05, 3.63) is 44.9 Å². The zero-order valence-electron chi connectivity index (χ0n) is 11.8. The number of halogens is 6. The highest BCUT2D eigenvalue weighted by atomic mass is 79.9. The second kappa shape index (κ2) is 6.26. The number of nitrogens with zero attached hydrogens (tertiary/aromatic N) is 2. The van der Waals surface area contributed by atoms with Crippen molar-refractivity contribution in [1.82, 2.24) is 9.78 Å². The van der Waals surface area contributed by atoms with Gasteiger partial charge in [0.25, 0.3) is 0 Å². The van der Waals surface area contributed by atoms with Crippen molar-refractivity contribution < 1.29 is 26.7 Å². The molecule has 1 heterocycles. The van der Waals surface area contributed by atoms with E-state index in [-0.39, 0.29) is 0 Å². The molecule has 2 rings (SSSR count). The first-order valence-corrected chi connectivity index (χ1v) is 6.95. The molecule has 1 N–H and O–H groups in total.